The number of benzene rings is 1. The summed E-state index contributed by atoms with van der Waals surface area (Å²) in [6.45, 7) is 0. The molecule has 0 spiro atoms. The van der Waals surface area contributed by atoms with Gasteiger partial charge in [0.05, 0.1) is 0 Å². The molecule has 8 heteroatoms. The van der Waals surface area contributed by atoms with Crippen LogP contribution < -0.4 is 16.8 Å². The topological polar surface area (TPSA) is 118 Å². The molecule has 110 valence electrons. The van der Waals surface area contributed by atoms with Crippen LogP contribution in [0.25, 0.3) is 0 Å². The van der Waals surface area contributed by atoms with E-state index in [9.17, 15) is 9.59 Å². The Morgan fingerprint density at radius 3 is 2.50 bits per heavy atom. The number of nitrogens with one attached hydrogen (secondary N) is 1. The Labute approximate surface area is 126 Å². The number of primary amides is 1. The largest absolute Gasteiger partial charge is 0.465 e. The lowest BCUT2D eigenvalue weighted by atomic mass is 10.00. The second-order valence-corrected chi connectivity index (χ2v) is 5.18. The van der Waals surface area contributed by atoms with Crippen molar-refractivity contribution in [2.45, 2.75) is 24.9 Å². The van der Waals surface area contributed by atoms with Crippen LogP contribution in [0.1, 0.15) is 12.0 Å². The van der Waals surface area contributed by atoms with E-state index in [0.29, 0.717) is 16.5 Å². The van der Waals surface area contributed by atoms with Crippen LogP contribution in [0.15, 0.2) is 18.2 Å². The van der Waals surface area contributed by atoms with Crippen LogP contribution in [-0.2, 0) is 11.2 Å². The third-order valence-corrected chi connectivity index (χ3v) is 3.26. The highest BCUT2D eigenvalue weighted by Crippen LogP contribution is 2.22. The van der Waals surface area contributed by atoms with Gasteiger partial charge in [0.25, 0.3) is 0 Å². The summed E-state index contributed by atoms with van der Waals surface area (Å²) in [5, 5.41) is 11.6. The SMILES string of the molecule is NC(=O)C(C[C@H](N)Cc1ccc(Cl)cc1Cl)NC(=O)O. The molecule has 0 heterocycles. The zero-order valence-electron chi connectivity index (χ0n) is 10.5. The second-order valence-electron chi connectivity index (χ2n) is 4.34. The summed E-state index contributed by atoms with van der Waals surface area (Å²) in [6.07, 6.45) is -0.868. The van der Waals surface area contributed by atoms with Crippen molar-refractivity contribution in [2.75, 3.05) is 0 Å². The molecule has 2 atom stereocenters. The number of carbonyl (C=O) groups is 2. The molecule has 0 aliphatic carbocycles. The molecule has 0 saturated carbocycles. The minimum absolute atomic E-state index is 0.0839. The first-order chi connectivity index (χ1) is 9.29. The van der Waals surface area contributed by atoms with Crippen LogP contribution in [0, 0.1) is 0 Å². The Bertz CT molecular complexity index is 511. The zero-order chi connectivity index (χ0) is 15.3. The predicted octanol–water partition coefficient (Wildman–Crippen LogP) is 1.37. The molecule has 6 nitrogen and oxygen atoms in total. The predicted molar refractivity (Wildman–Crippen MR) is 76.9 cm³/mol. The van der Waals surface area contributed by atoms with Gasteiger partial charge in [-0.1, -0.05) is 29.3 Å². The van der Waals surface area contributed by atoms with Crippen LogP contribution in [-0.4, -0.2) is 29.2 Å². The minimum atomic E-state index is -1.33. The van der Waals surface area contributed by atoms with Crippen molar-refractivity contribution in [3.63, 3.8) is 0 Å². The fourth-order valence-electron chi connectivity index (χ4n) is 1.75. The van der Waals surface area contributed by atoms with Gasteiger partial charge in [-0.25, -0.2) is 4.79 Å². The van der Waals surface area contributed by atoms with Crippen molar-refractivity contribution < 1.29 is 14.7 Å². The lowest BCUT2D eigenvalue weighted by Gasteiger charge is -2.18. The first-order valence-corrected chi connectivity index (χ1v) is 6.53. The van der Waals surface area contributed by atoms with Crippen LogP contribution in [0.2, 0.25) is 10.0 Å². The van der Waals surface area contributed by atoms with Gasteiger partial charge in [-0.2, -0.15) is 0 Å². The highest BCUT2D eigenvalue weighted by molar-refractivity contribution is 6.35. The fourth-order valence-corrected chi connectivity index (χ4v) is 2.24. The number of hydrogen-bond donors (Lipinski definition) is 4. The van der Waals surface area contributed by atoms with Crippen molar-refractivity contribution in [3.8, 4) is 0 Å². The maximum atomic E-state index is 11.1. The van der Waals surface area contributed by atoms with Gasteiger partial charge in [-0.05, 0) is 30.5 Å². The van der Waals surface area contributed by atoms with E-state index in [1.54, 1.807) is 18.2 Å². The maximum absolute atomic E-state index is 11.1. The van der Waals surface area contributed by atoms with Gasteiger partial charge in [0.15, 0.2) is 0 Å². The van der Waals surface area contributed by atoms with E-state index in [1.165, 1.54) is 0 Å². The number of carboxylic acid groups (broad SMARTS) is 1. The third-order valence-electron chi connectivity index (χ3n) is 2.68. The molecular weight excluding hydrogens is 305 g/mol. The zero-order valence-corrected chi connectivity index (χ0v) is 12.0. The van der Waals surface area contributed by atoms with Gasteiger partial charge < -0.3 is 21.9 Å². The molecule has 0 bridgehead atoms. The van der Waals surface area contributed by atoms with Gasteiger partial charge in [-0.3, -0.25) is 4.79 Å². The molecule has 1 unspecified atom stereocenters. The van der Waals surface area contributed by atoms with Crippen molar-refractivity contribution in [3.05, 3.63) is 33.8 Å². The normalized spacial score (nSPS) is 13.6. The summed E-state index contributed by atoms with van der Waals surface area (Å²) in [5.74, 6) is -0.773. The van der Waals surface area contributed by atoms with Crippen molar-refractivity contribution in [1.82, 2.24) is 5.32 Å². The Kier molecular flexibility index (Phi) is 6.06. The number of nitrogens with two attached hydrogens (primary N) is 2. The first kappa shape index (κ1) is 16.6. The van der Waals surface area contributed by atoms with E-state index in [4.69, 9.17) is 39.8 Å². The fraction of sp³-hybridized carbons (Fsp3) is 0.333. The quantitative estimate of drug-likeness (QED) is 0.633. The summed E-state index contributed by atoms with van der Waals surface area (Å²) in [7, 11) is 0. The van der Waals surface area contributed by atoms with E-state index in [2.05, 4.69) is 0 Å². The molecular formula is C12H15Cl2N3O3. The average molecular weight is 320 g/mol. The molecule has 0 saturated heterocycles. The molecule has 6 N–H and O–H groups in total. The maximum Gasteiger partial charge on any atom is 0.405 e. The second kappa shape index (κ2) is 7.33. The Morgan fingerprint density at radius 1 is 1.35 bits per heavy atom. The smallest absolute Gasteiger partial charge is 0.405 e. The number of rotatable bonds is 6. The summed E-state index contributed by atoms with van der Waals surface area (Å²) >= 11 is 11.8. The van der Waals surface area contributed by atoms with Crippen molar-refractivity contribution >= 4 is 35.2 Å². The molecule has 0 aromatic heterocycles. The van der Waals surface area contributed by atoms with Crippen LogP contribution in [0.4, 0.5) is 4.79 Å². The minimum Gasteiger partial charge on any atom is -0.465 e. The van der Waals surface area contributed by atoms with E-state index in [1.807, 2.05) is 5.32 Å². The van der Waals surface area contributed by atoms with E-state index in [0.717, 1.165) is 5.56 Å². The van der Waals surface area contributed by atoms with Gasteiger partial charge >= 0.3 is 6.09 Å². The lowest BCUT2D eigenvalue weighted by molar-refractivity contribution is -0.120. The van der Waals surface area contributed by atoms with E-state index >= 15 is 0 Å². The first-order valence-electron chi connectivity index (χ1n) is 5.78. The monoisotopic (exact) mass is 319 g/mol. The summed E-state index contributed by atoms with van der Waals surface area (Å²) in [5.41, 5.74) is 11.8. The van der Waals surface area contributed by atoms with Gasteiger partial charge in [0.2, 0.25) is 5.91 Å². The molecule has 0 aliphatic heterocycles. The summed E-state index contributed by atoms with van der Waals surface area (Å²) in [6, 6.07) is 3.49. The molecule has 20 heavy (non-hydrogen) atoms. The van der Waals surface area contributed by atoms with E-state index < -0.39 is 24.1 Å². The Hall–Kier alpha value is -1.50. The molecule has 1 aromatic carbocycles. The number of carbonyl (C=O) groups excluding carboxylic acids is 1. The standard InChI is InChI=1S/C12H15Cl2N3O3/c13-7-2-1-6(9(14)4-7)3-8(15)5-10(11(16)18)17-12(19)20/h1-2,4,8,10,17H,3,5,15H2,(H2,16,18)(H,19,20)/t8-,10?/m1/s1. The van der Waals surface area contributed by atoms with Crippen LogP contribution >= 0.6 is 23.2 Å². The van der Waals surface area contributed by atoms with E-state index in [-0.39, 0.29) is 6.42 Å². The van der Waals surface area contributed by atoms with Crippen molar-refractivity contribution in [2.24, 2.45) is 11.5 Å². The van der Waals surface area contributed by atoms with Crippen LogP contribution in [0.3, 0.4) is 0 Å². The molecule has 1 rings (SSSR count). The molecule has 0 fully saturated rings. The summed E-state index contributed by atoms with van der Waals surface area (Å²) < 4.78 is 0. The Balaban J connectivity index is 2.67. The number of halogens is 2. The molecule has 1 aromatic rings. The summed E-state index contributed by atoms with van der Waals surface area (Å²) in [4.78, 5) is 21.7. The number of hydrogen-bond acceptors (Lipinski definition) is 3. The average Bonchev–Trinajstić information content (AvgIpc) is 2.31. The molecule has 2 amide bonds. The third kappa shape index (κ3) is 5.24. The Morgan fingerprint density at radius 2 is 2.00 bits per heavy atom. The highest BCUT2D eigenvalue weighted by atomic mass is 35.5. The van der Waals surface area contributed by atoms with Gasteiger partial charge in [-0.15, -0.1) is 0 Å². The van der Waals surface area contributed by atoms with Gasteiger partial charge in [0, 0.05) is 16.1 Å². The lowest BCUT2D eigenvalue weighted by Crippen LogP contribution is -2.47. The molecule has 0 aliphatic rings. The van der Waals surface area contributed by atoms with Crippen LogP contribution in [0.5, 0.6) is 0 Å². The number of amides is 2. The molecule has 0 radical (unpaired) electrons. The van der Waals surface area contributed by atoms with Gasteiger partial charge in [0.1, 0.15) is 6.04 Å². The highest BCUT2D eigenvalue weighted by Gasteiger charge is 2.21. The van der Waals surface area contributed by atoms with Crippen molar-refractivity contribution in [1.29, 1.82) is 0 Å².